The minimum absolute atomic E-state index is 0.783. The van der Waals surface area contributed by atoms with Gasteiger partial charge in [-0.2, -0.15) is 0 Å². The second kappa shape index (κ2) is 9.12. The van der Waals surface area contributed by atoms with Crippen molar-refractivity contribution in [2.45, 2.75) is 65.3 Å². The molecule has 1 fully saturated rings. The van der Waals surface area contributed by atoms with Gasteiger partial charge in [-0.1, -0.05) is 45.4 Å². The summed E-state index contributed by atoms with van der Waals surface area (Å²) >= 11 is 0. The molecular weight excluding hydrogens is 228 g/mol. The molecule has 2 nitrogen and oxygen atoms in total. The lowest BCUT2D eigenvalue weighted by Crippen LogP contribution is -2.25. The monoisotopic (exact) mass is 258 g/mol. The molecule has 0 bridgehead atoms. The zero-order chi connectivity index (χ0) is 12.5. The molecule has 17 heavy (non-hydrogen) atoms. The second-order valence-electron chi connectivity index (χ2n) is 5.41. The van der Waals surface area contributed by atoms with Crippen molar-refractivity contribution in [2.75, 3.05) is 13.2 Å². The molecule has 102 valence electrons. The Kier molecular flexibility index (Phi) is 8.15. The first kappa shape index (κ1) is 15.2. The summed E-state index contributed by atoms with van der Waals surface area (Å²) in [5, 5.41) is 0. The topological polar surface area (TPSA) is 18.5 Å². The number of hydrogen-bond donors (Lipinski definition) is 0. The van der Waals surface area contributed by atoms with Gasteiger partial charge in [-0.05, 0) is 31.7 Å². The summed E-state index contributed by atoms with van der Waals surface area (Å²) in [7, 11) is -1.36. The van der Waals surface area contributed by atoms with Gasteiger partial charge in [0.15, 0.2) is 0 Å². The van der Waals surface area contributed by atoms with E-state index in [-0.39, 0.29) is 0 Å². The Morgan fingerprint density at radius 3 is 2.24 bits per heavy atom. The maximum absolute atomic E-state index is 5.74. The van der Waals surface area contributed by atoms with Crippen molar-refractivity contribution in [3.63, 3.8) is 0 Å². The highest BCUT2D eigenvalue weighted by Gasteiger charge is 2.19. The molecule has 1 unspecified atom stereocenters. The van der Waals surface area contributed by atoms with Crippen LogP contribution in [0.4, 0.5) is 0 Å². The van der Waals surface area contributed by atoms with E-state index in [9.17, 15) is 0 Å². The molecule has 0 heterocycles. The van der Waals surface area contributed by atoms with Crippen molar-refractivity contribution in [3.8, 4) is 0 Å². The highest BCUT2D eigenvalue weighted by Crippen LogP contribution is 2.30. The molecule has 0 saturated heterocycles. The molecule has 1 atom stereocenters. The lowest BCUT2D eigenvalue weighted by Gasteiger charge is -2.20. The summed E-state index contributed by atoms with van der Waals surface area (Å²) in [6.45, 7) is 8.13. The van der Waals surface area contributed by atoms with Gasteiger partial charge in [0, 0.05) is 13.2 Å². The fraction of sp³-hybridized carbons (Fsp3) is 1.00. The summed E-state index contributed by atoms with van der Waals surface area (Å²) in [6.07, 6.45) is 8.69. The minimum Gasteiger partial charge on any atom is -0.397 e. The quantitative estimate of drug-likeness (QED) is 0.584. The van der Waals surface area contributed by atoms with Crippen LogP contribution in [0, 0.1) is 11.8 Å². The van der Waals surface area contributed by atoms with Gasteiger partial charge in [0.25, 0.3) is 0 Å². The van der Waals surface area contributed by atoms with Crippen LogP contribution in [0.1, 0.15) is 59.3 Å². The van der Waals surface area contributed by atoms with E-state index in [0.29, 0.717) is 0 Å². The molecule has 0 aromatic carbocycles. The summed E-state index contributed by atoms with van der Waals surface area (Å²) in [5.74, 6) is 1.81. The van der Waals surface area contributed by atoms with E-state index in [1.165, 1.54) is 44.6 Å². The van der Waals surface area contributed by atoms with Crippen LogP contribution in [0.5, 0.6) is 0 Å². The lowest BCUT2D eigenvalue weighted by atomic mass is 9.97. The van der Waals surface area contributed by atoms with E-state index in [2.05, 4.69) is 20.8 Å². The Labute approximate surface area is 109 Å². The predicted octanol–water partition coefficient (Wildman–Crippen LogP) is 3.89. The Morgan fingerprint density at radius 2 is 1.71 bits per heavy atom. The Morgan fingerprint density at radius 1 is 1.12 bits per heavy atom. The molecule has 1 aliphatic carbocycles. The molecule has 1 saturated carbocycles. The molecule has 0 N–H and O–H groups in total. The van der Waals surface area contributed by atoms with Gasteiger partial charge in [0.05, 0.1) is 0 Å². The lowest BCUT2D eigenvalue weighted by molar-refractivity contribution is 0.207. The van der Waals surface area contributed by atoms with E-state index in [0.717, 1.165) is 25.0 Å². The molecule has 0 radical (unpaired) electrons. The first-order valence-electron chi connectivity index (χ1n) is 7.49. The van der Waals surface area contributed by atoms with Crippen molar-refractivity contribution in [2.24, 2.45) is 11.8 Å². The molecule has 0 aromatic rings. The predicted molar refractivity (Wildman–Crippen MR) is 75.6 cm³/mol. The van der Waals surface area contributed by atoms with E-state index < -0.39 is 9.28 Å². The number of rotatable bonds is 9. The van der Waals surface area contributed by atoms with Crippen LogP contribution < -0.4 is 0 Å². The summed E-state index contributed by atoms with van der Waals surface area (Å²) in [4.78, 5) is 0. The molecule has 0 spiro atoms. The third kappa shape index (κ3) is 6.58. The SMILES string of the molecule is CCO[SiH](CC(C)CCC1CCCC1)OCC. The highest BCUT2D eigenvalue weighted by atomic mass is 28.3. The standard InChI is InChI=1S/C14H30O2Si/c1-4-15-17(16-5-2)12-13(3)10-11-14-8-6-7-9-14/h13-14,17H,4-12H2,1-3H3. The Hall–Kier alpha value is 0.137. The molecule has 1 rings (SSSR count). The Balaban J connectivity index is 2.14. The van der Waals surface area contributed by atoms with Crippen molar-refractivity contribution < 1.29 is 8.85 Å². The van der Waals surface area contributed by atoms with Gasteiger partial charge in [-0.15, -0.1) is 0 Å². The highest BCUT2D eigenvalue weighted by molar-refractivity contribution is 6.44. The van der Waals surface area contributed by atoms with E-state index in [1.54, 1.807) is 0 Å². The first-order valence-corrected chi connectivity index (χ1v) is 9.25. The van der Waals surface area contributed by atoms with Gasteiger partial charge < -0.3 is 8.85 Å². The van der Waals surface area contributed by atoms with Crippen molar-refractivity contribution >= 4 is 9.28 Å². The second-order valence-corrected chi connectivity index (χ2v) is 7.41. The van der Waals surface area contributed by atoms with Crippen LogP contribution in [0.2, 0.25) is 6.04 Å². The maximum Gasteiger partial charge on any atom is 0.321 e. The van der Waals surface area contributed by atoms with Crippen molar-refractivity contribution in [3.05, 3.63) is 0 Å². The van der Waals surface area contributed by atoms with Crippen LogP contribution in [-0.2, 0) is 8.85 Å². The summed E-state index contributed by atoms with van der Waals surface area (Å²) in [6, 6.07) is 1.19. The molecule has 0 aliphatic heterocycles. The third-order valence-electron chi connectivity index (χ3n) is 3.84. The van der Waals surface area contributed by atoms with E-state index in [1.807, 2.05) is 0 Å². The summed E-state index contributed by atoms with van der Waals surface area (Å²) in [5.41, 5.74) is 0. The first-order chi connectivity index (χ1) is 8.26. The van der Waals surface area contributed by atoms with Gasteiger partial charge in [-0.3, -0.25) is 0 Å². The molecule has 0 amide bonds. The fourth-order valence-electron chi connectivity index (χ4n) is 2.82. The van der Waals surface area contributed by atoms with Gasteiger partial charge in [0.1, 0.15) is 0 Å². The normalized spacial score (nSPS) is 19.1. The third-order valence-corrected chi connectivity index (χ3v) is 6.44. The molecule has 3 heteroatoms. The Bertz CT molecular complexity index is 175. The minimum atomic E-state index is -1.36. The van der Waals surface area contributed by atoms with Crippen LogP contribution in [0.25, 0.3) is 0 Å². The van der Waals surface area contributed by atoms with Gasteiger partial charge in [-0.25, -0.2) is 0 Å². The van der Waals surface area contributed by atoms with Crippen LogP contribution in [0.3, 0.4) is 0 Å². The van der Waals surface area contributed by atoms with Gasteiger partial charge in [0.2, 0.25) is 0 Å². The molecule has 0 aromatic heterocycles. The zero-order valence-electron chi connectivity index (χ0n) is 11.9. The average molecular weight is 258 g/mol. The number of hydrogen-bond acceptors (Lipinski definition) is 2. The zero-order valence-corrected chi connectivity index (χ0v) is 13.1. The van der Waals surface area contributed by atoms with Crippen LogP contribution in [0.15, 0.2) is 0 Å². The van der Waals surface area contributed by atoms with Gasteiger partial charge >= 0.3 is 9.28 Å². The van der Waals surface area contributed by atoms with Crippen molar-refractivity contribution in [1.29, 1.82) is 0 Å². The summed E-state index contributed by atoms with van der Waals surface area (Å²) < 4.78 is 11.5. The smallest absolute Gasteiger partial charge is 0.321 e. The van der Waals surface area contributed by atoms with E-state index in [4.69, 9.17) is 8.85 Å². The largest absolute Gasteiger partial charge is 0.397 e. The van der Waals surface area contributed by atoms with E-state index >= 15 is 0 Å². The fourth-order valence-corrected chi connectivity index (χ4v) is 4.83. The maximum atomic E-state index is 5.74. The molecular formula is C14H30O2Si. The van der Waals surface area contributed by atoms with Crippen molar-refractivity contribution in [1.82, 2.24) is 0 Å². The van der Waals surface area contributed by atoms with Crippen LogP contribution >= 0.6 is 0 Å². The molecule has 1 aliphatic rings. The van der Waals surface area contributed by atoms with Crippen LogP contribution in [-0.4, -0.2) is 22.5 Å². The average Bonchev–Trinajstić information content (AvgIpc) is 2.80.